The number of benzene rings is 2. The molecule has 5 nitrogen and oxygen atoms in total. The molecule has 2 N–H and O–H groups in total. The molecular weight excluding hydrogens is 252 g/mol. The van der Waals surface area contributed by atoms with E-state index in [2.05, 4.69) is 26.6 Å². The van der Waals surface area contributed by atoms with E-state index >= 15 is 0 Å². The number of carbonyl (C=O) groups is 1. The highest BCUT2D eigenvalue weighted by molar-refractivity contribution is 5.91. The molecule has 0 fully saturated rings. The molecule has 0 aliphatic heterocycles. The fourth-order valence-corrected chi connectivity index (χ4v) is 2.10. The molecule has 2 aromatic carbocycles. The van der Waals surface area contributed by atoms with Crippen molar-refractivity contribution >= 4 is 22.6 Å². The summed E-state index contributed by atoms with van der Waals surface area (Å²) < 4.78 is 0. The van der Waals surface area contributed by atoms with Crippen LogP contribution in [-0.4, -0.2) is 21.1 Å². The lowest BCUT2D eigenvalue weighted by molar-refractivity contribution is -0.115. The average Bonchev–Trinajstić information content (AvgIpc) is 2.83. The first kappa shape index (κ1) is 12.3. The van der Waals surface area contributed by atoms with Gasteiger partial charge in [-0.1, -0.05) is 42.5 Å². The zero-order valence-electron chi connectivity index (χ0n) is 11.1. The van der Waals surface area contributed by atoms with E-state index in [1.165, 1.54) is 5.39 Å². The number of nitrogens with zero attached hydrogens (tertiary/aromatic N) is 2. The Morgan fingerprint density at radius 1 is 1.20 bits per heavy atom. The number of aryl methyl sites for hydroxylation is 1. The number of rotatable bonds is 3. The van der Waals surface area contributed by atoms with E-state index < -0.39 is 0 Å². The van der Waals surface area contributed by atoms with E-state index in [1.54, 1.807) is 6.92 Å². The van der Waals surface area contributed by atoms with Gasteiger partial charge in [0.15, 0.2) is 0 Å². The summed E-state index contributed by atoms with van der Waals surface area (Å²) in [5, 5.41) is 11.5. The number of nitrogens with one attached hydrogen (secondary N) is 2. The molecule has 100 valence electrons. The molecule has 20 heavy (non-hydrogen) atoms. The Kier molecular flexibility index (Phi) is 3.16. The van der Waals surface area contributed by atoms with Gasteiger partial charge in [0.25, 0.3) is 0 Å². The molecule has 0 aliphatic carbocycles. The first-order valence-corrected chi connectivity index (χ1v) is 6.37. The number of H-pyrrole nitrogens is 1. The van der Waals surface area contributed by atoms with Crippen LogP contribution in [0, 0.1) is 6.92 Å². The summed E-state index contributed by atoms with van der Waals surface area (Å²) in [5.41, 5.74) is 0.966. The van der Waals surface area contributed by atoms with E-state index in [9.17, 15) is 4.79 Å². The number of aromatic amines is 1. The molecule has 3 rings (SSSR count). The summed E-state index contributed by atoms with van der Waals surface area (Å²) in [7, 11) is 0. The maximum Gasteiger partial charge on any atom is 0.248 e. The highest BCUT2D eigenvalue weighted by Gasteiger charge is 2.07. The number of hydrogen-bond acceptors (Lipinski definition) is 3. The summed E-state index contributed by atoms with van der Waals surface area (Å²) in [6.07, 6.45) is 0.304. The van der Waals surface area contributed by atoms with Crippen molar-refractivity contribution < 1.29 is 4.79 Å². The summed E-state index contributed by atoms with van der Waals surface area (Å²) in [4.78, 5) is 16.0. The number of hydrogen-bond donors (Lipinski definition) is 2. The molecule has 0 unspecified atom stereocenters. The van der Waals surface area contributed by atoms with Gasteiger partial charge in [-0.3, -0.25) is 15.2 Å². The van der Waals surface area contributed by atoms with Gasteiger partial charge in [-0.2, -0.15) is 4.98 Å². The van der Waals surface area contributed by atoms with Gasteiger partial charge in [-0.15, -0.1) is 5.10 Å². The molecule has 0 saturated heterocycles. The van der Waals surface area contributed by atoms with Crippen molar-refractivity contribution in [3.63, 3.8) is 0 Å². The molecule has 0 atom stereocenters. The van der Waals surface area contributed by atoms with Gasteiger partial charge in [0.2, 0.25) is 11.9 Å². The lowest BCUT2D eigenvalue weighted by Gasteiger charge is -2.03. The smallest absolute Gasteiger partial charge is 0.248 e. The van der Waals surface area contributed by atoms with Gasteiger partial charge in [0, 0.05) is 0 Å². The third kappa shape index (κ3) is 2.66. The molecule has 0 spiro atoms. The Hall–Kier alpha value is -2.69. The second-order valence-electron chi connectivity index (χ2n) is 4.65. The number of anilines is 1. The Morgan fingerprint density at radius 3 is 2.75 bits per heavy atom. The van der Waals surface area contributed by atoms with Crippen LogP contribution in [0.25, 0.3) is 10.8 Å². The van der Waals surface area contributed by atoms with Crippen molar-refractivity contribution in [3.8, 4) is 0 Å². The van der Waals surface area contributed by atoms with Crippen LogP contribution in [0.2, 0.25) is 0 Å². The summed E-state index contributed by atoms with van der Waals surface area (Å²) in [6.45, 7) is 1.78. The molecule has 1 heterocycles. The fourth-order valence-electron chi connectivity index (χ4n) is 2.10. The first-order chi connectivity index (χ1) is 9.70. The minimum absolute atomic E-state index is 0.126. The predicted molar refractivity (Wildman–Crippen MR) is 77.4 cm³/mol. The zero-order chi connectivity index (χ0) is 13.9. The van der Waals surface area contributed by atoms with E-state index in [0.29, 0.717) is 18.2 Å². The van der Waals surface area contributed by atoms with Crippen LogP contribution in [0.3, 0.4) is 0 Å². The minimum atomic E-state index is -0.126. The monoisotopic (exact) mass is 266 g/mol. The Balaban J connectivity index is 1.73. The molecule has 0 bridgehead atoms. The van der Waals surface area contributed by atoms with Gasteiger partial charge >= 0.3 is 0 Å². The Labute approximate surface area is 116 Å². The molecule has 0 radical (unpaired) electrons. The van der Waals surface area contributed by atoms with Crippen LogP contribution >= 0.6 is 0 Å². The van der Waals surface area contributed by atoms with Gasteiger partial charge < -0.3 is 0 Å². The molecule has 1 aromatic heterocycles. The standard InChI is InChI=1S/C15H14N4O/c1-10-16-15(19-18-10)17-14(20)9-11-6-7-12-4-2-3-5-13(12)8-11/h2-8H,9H2,1H3,(H2,16,17,18,19,20). The molecule has 0 aliphatic rings. The number of carbonyl (C=O) groups excluding carboxylic acids is 1. The number of amides is 1. The second-order valence-corrected chi connectivity index (χ2v) is 4.65. The Bertz CT molecular complexity index is 763. The third-order valence-corrected chi connectivity index (χ3v) is 3.03. The SMILES string of the molecule is Cc1nc(NC(=O)Cc2ccc3ccccc3c2)n[nH]1. The molecular formula is C15H14N4O. The summed E-state index contributed by atoms with van der Waals surface area (Å²) >= 11 is 0. The number of aromatic nitrogens is 3. The van der Waals surface area contributed by atoms with Crippen molar-refractivity contribution in [2.45, 2.75) is 13.3 Å². The molecule has 5 heteroatoms. The quantitative estimate of drug-likeness (QED) is 0.765. The first-order valence-electron chi connectivity index (χ1n) is 6.37. The maximum atomic E-state index is 11.9. The van der Waals surface area contributed by atoms with Crippen molar-refractivity contribution in [1.29, 1.82) is 0 Å². The van der Waals surface area contributed by atoms with Gasteiger partial charge in [-0.05, 0) is 23.3 Å². The van der Waals surface area contributed by atoms with Crippen LogP contribution < -0.4 is 5.32 Å². The van der Waals surface area contributed by atoms with Crippen molar-refractivity contribution in [3.05, 3.63) is 53.9 Å². The van der Waals surface area contributed by atoms with Crippen molar-refractivity contribution in [1.82, 2.24) is 15.2 Å². The predicted octanol–water partition coefficient (Wildman–Crippen LogP) is 2.45. The van der Waals surface area contributed by atoms with Crippen molar-refractivity contribution in [2.24, 2.45) is 0 Å². The van der Waals surface area contributed by atoms with Crippen LogP contribution in [0.1, 0.15) is 11.4 Å². The van der Waals surface area contributed by atoms with Gasteiger partial charge in [0.1, 0.15) is 5.82 Å². The molecule has 1 amide bonds. The van der Waals surface area contributed by atoms with E-state index in [0.717, 1.165) is 10.9 Å². The van der Waals surface area contributed by atoms with Crippen LogP contribution in [0.4, 0.5) is 5.95 Å². The zero-order valence-corrected chi connectivity index (χ0v) is 11.1. The van der Waals surface area contributed by atoms with Crippen molar-refractivity contribution in [2.75, 3.05) is 5.32 Å². The topological polar surface area (TPSA) is 70.7 Å². The fraction of sp³-hybridized carbons (Fsp3) is 0.133. The van der Waals surface area contributed by atoms with Gasteiger partial charge in [-0.25, -0.2) is 0 Å². The Morgan fingerprint density at radius 2 is 2.00 bits per heavy atom. The van der Waals surface area contributed by atoms with E-state index in [4.69, 9.17) is 0 Å². The van der Waals surface area contributed by atoms with Gasteiger partial charge in [0.05, 0.1) is 6.42 Å². The second kappa shape index (κ2) is 5.13. The highest BCUT2D eigenvalue weighted by Crippen LogP contribution is 2.16. The lowest BCUT2D eigenvalue weighted by Crippen LogP contribution is -2.15. The summed E-state index contributed by atoms with van der Waals surface area (Å²) in [6, 6.07) is 14.1. The highest BCUT2D eigenvalue weighted by atomic mass is 16.1. The third-order valence-electron chi connectivity index (χ3n) is 3.03. The van der Waals surface area contributed by atoms with E-state index in [-0.39, 0.29) is 5.91 Å². The lowest BCUT2D eigenvalue weighted by atomic mass is 10.1. The summed E-state index contributed by atoms with van der Waals surface area (Å²) in [5.74, 6) is 0.860. The maximum absolute atomic E-state index is 11.9. The molecule has 0 saturated carbocycles. The number of fused-ring (bicyclic) bond motifs is 1. The minimum Gasteiger partial charge on any atom is -0.293 e. The van der Waals surface area contributed by atoms with Crippen LogP contribution in [0.15, 0.2) is 42.5 Å². The normalized spacial score (nSPS) is 10.7. The molecule has 3 aromatic rings. The van der Waals surface area contributed by atoms with E-state index in [1.807, 2.05) is 36.4 Å². The largest absolute Gasteiger partial charge is 0.293 e. The van der Waals surface area contributed by atoms with Crippen LogP contribution in [-0.2, 0) is 11.2 Å². The average molecular weight is 266 g/mol. The van der Waals surface area contributed by atoms with Crippen LogP contribution in [0.5, 0.6) is 0 Å².